The van der Waals surface area contributed by atoms with Crippen molar-refractivity contribution in [2.24, 2.45) is 0 Å². The minimum Gasteiger partial charge on any atom is -0.454 e. The second kappa shape index (κ2) is 4.96. The van der Waals surface area contributed by atoms with Crippen molar-refractivity contribution in [1.29, 1.82) is 0 Å². The van der Waals surface area contributed by atoms with Crippen molar-refractivity contribution < 1.29 is 18.7 Å². The van der Waals surface area contributed by atoms with Crippen LogP contribution in [0.25, 0.3) is 0 Å². The number of carbonyl (C=O) groups is 2. The second-order valence-corrected chi connectivity index (χ2v) is 5.37. The molecule has 5 heteroatoms. The first-order chi connectivity index (χ1) is 7.70. The van der Waals surface area contributed by atoms with E-state index < -0.39 is 23.2 Å². The zero-order valence-electron chi connectivity index (χ0n) is 9.71. The first-order valence-corrected chi connectivity index (χ1v) is 5.73. The number of carbonyl (C=O) groups excluding carboxylic acids is 2. The lowest BCUT2D eigenvalue weighted by molar-refractivity contribution is -0.148. The van der Waals surface area contributed by atoms with Crippen molar-refractivity contribution in [2.75, 3.05) is 0 Å². The summed E-state index contributed by atoms with van der Waals surface area (Å²) in [6, 6.07) is 3.81. The zero-order valence-corrected chi connectivity index (χ0v) is 11.3. The molecule has 0 aliphatic rings. The van der Waals surface area contributed by atoms with Gasteiger partial charge in [0.15, 0.2) is 0 Å². The van der Waals surface area contributed by atoms with Gasteiger partial charge < -0.3 is 4.74 Å². The van der Waals surface area contributed by atoms with Crippen LogP contribution in [0.5, 0.6) is 0 Å². The van der Waals surface area contributed by atoms with Crippen LogP contribution >= 0.6 is 15.9 Å². The van der Waals surface area contributed by atoms with E-state index in [0.717, 1.165) is 6.07 Å². The first-order valence-electron chi connectivity index (χ1n) is 4.93. The highest BCUT2D eigenvalue weighted by molar-refractivity contribution is 9.10. The monoisotopic (exact) mass is 302 g/mol. The average Bonchev–Trinajstić information content (AvgIpc) is 2.18. The number of halogens is 2. The van der Waals surface area contributed by atoms with E-state index in [-0.39, 0.29) is 5.56 Å². The Bertz CT molecular complexity index is 463. The van der Waals surface area contributed by atoms with Crippen molar-refractivity contribution in [1.82, 2.24) is 0 Å². The van der Waals surface area contributed by atoms with E-state index in [0.29, 0.717) is 4.47 Å². The quantitative estimate of drug-likeness (QED) is 0.479. The van der Waals surface area contributed by atoms with Gasteiger partial charge in [0.1, 0.15) is 11.4 Å². The molecule has 0 heterocycles. The Balaban J connectivity index is 2.97. The summed E-state index contributed by atoms with van der Waals surface area (Å²) in [5, 5.41) is 0. The van der Waals surface area contributed by atoms with Crippen molar-refractivity contribution in [3.05, 3.63) is 34.1 Å². The van der Waals surface area contributed by atoms with Gasteiger partial charge in [0.2, 0.25) is 0 Å². The third-order valence-corrected chi connectivity index (χ3v) is 2.25. The van der Waals surface area contributed by atoms with Crippen molar-refractivity contribution in [2.45, 2.75) is 26.4 Å². The topological polar surface area (TPSA) is 43.4 Å². The van der Waals surface area contributed by atoms with E-state index in [2.05, 4.69) is 15.9 Å². The fourth-order valence-electron chi connectivity index (χ4n) is 1.11. The first kappa shape index (κ1) is 13.8. The minimum atomic E-state index is -1.06. The molecular weight excluding hydrogens is 291 g/mol. The molecule has 0 N–H and O–H groups in total. The van der Waals surface area contributed by atoms with Gasteiger partial charge in [-0.1, -0.05) is 15.9 Å². The third kappa shape index (κ3) is 3.93. The number of benzene rings is 1. The molecule has 0 saturated carbocycles. The van der Waals surface area contributed by atoms with Crippen LogP contribution < -0.4 is 0 Å². The number of ketones is 1. The van der Waals surface area contributed by atoms with Crippen LogP contribution in [0.3, 0.4) is 0 Å². The standard InChI is InChI=1S/C12H12BrFO3/c1-12(2,3)17-11(16)10(15)8-6-7(13)4-5-9(8)14/h4-6H,1-3H3. The molecule has 1 aromatic rings. The van der Waals surface area contributed by atoms with Gasteiger partial charge >= 0.3 is 5.97 Å². The third-order valence-electron chi connectivity index (χ3n) is 1.76. The molecular formula is C12H12BrFO3. The molecule has 0 saturated heterocycles. The summed E-state index contributed by atoms with van der Waals surface area (Å²) in [4.78, 5) is 23.1. The van der Waals surface area contributed by atoms with Crippen molar-refractivity contribution in [3.63, 3.8) is 0 Å². The van der Waals surface area contributed by atoms with E-state index in [1.165, 1.54) is 12.1 Å². The van der Waals surface area contributed by atoms with Crippen LogP contribution in [0.2, 0.25) is 0 Å². The molecule has 0 amide bonds. The van der Waals surface area contributed by atoms with Crippen LogP contribution in [0.1, 0.15) is 31.1 Å². The fraction of sp³-hybridized carbons (Fsp3) is 0.333. The van der Waals surface area contributed by atoms with Crippen molar-refractivity contribution in [3.8, 4) is 0 Å². The fourth-order valence-corrected chi connectivity index (χ4v) is 1.47. The Morgan fingerprint density at radius 1 is 1.29 bits per heavy atom. The summed E-state index contributed by atoms with van der Waals surface area (Å²) in [6.07, 6.45) is 0. The van der Waals surface area contributed by atoms with Crippen LogP contribution in [0, 0.1) is 5.82 Å². The molecule has 0 radical (unpaired) electrons. The summed E-state index contributed by atoms with van der Waals surface area (Å²) >= 11 is 3.10. The van der Waals surface area contributed by atoms with Crippen LogP contribution in [-0.4, -0.2) is 17.4 Å². The summed E-state index contributed by atoms with van der Waals surface area (Å²) in [6.45, 7) is 4.90. The van der Waals surface area contributed by atoms with Crippen LogP contribution in [-0.2, 0) is 9.53 Å². The predicted molar refractivity (Wildman–Crippen MR) is 64.3 cm³/mol. The summed E-state index contributed by atoms with van der Waals surface area (Å²) < 4.78 is 18.8. The lowest BCUT2D eigenvalue weighted by Crippen LogP contribution is -2.29. The van der Waals surface area contributed by atoms with E-state index in [9.17, 15) is 14.0 Å². The Morgan fingerprint density at radius 2 is 1.88 bits per heavy atom. The Kier molecular flexibility index (Phi) is 4.03. The SMILES string of the molecule is CC(C)(C)OC(=O)C(=O)c1cc(Br)ccc1F. The Morgan fingerprint density at radius 3 is 2.41 bits per heavy atom. The van der Waals surface area contributed by atoms with Crippen molar-refractivity contribution >= 4 is 27.7 Å². The molecule has 0 bridgehead atoms. The predicted octanol–water partition coefficient (Wildman–Crippen LogP) is 3.11. The number of hydrogen-bond acceptors (Lipinski definition) is 3. The van der Waals surface area contributed by atoms with Crippen LogP contribution in [0.4, 0.5) is 4.39 Å². The molecule has 0 aliphatic heterocycles. The molecule has 17 heavy (non-hydrogen) atoms. The van der Waals surface area contributed by atoms with E-state index in [4.69, 9.17) is 4.74 Å². The maximum atomic E-state index is 13.4. The van der Waals surface area contributed by atoms with Gasteiger partial charge in [0, 0.05) is 4.47 Å². The van der Waals surface area contributed by atoms with Crippen LogP contribution in [0.15, 0.2) is 22.7 Å². The molecule has 0 unspecified atom stereocenters. The van der Waals surface area contributed by atoms with Gasteiger partial charge in [-0.25, -0.2) is 9.18 Å². The molecule has 0 fully saturated rings. The van der Waals surface area contributed by atoms with Gasteiger partial charge in [0.25, 0.3) is 5.78 Å². The van der Waals surface area contributed by atoms with Gasteiger partial charge in [-0.05, 0) is 39.0 Å². The molecule has 0 spiro atoms. The maximum absolute atomic E-state index is 13.4. The van der Waals surface area contributed by atoms with Gasteiger partial charge in [-0.3, -0.25) is 4.79 Å². The lowest BCUT2D eigenvalue weighted by atomic mass is 10.1. The molecule has 0 atom stereocenters. The number of esters is 1. The Hall–Kier alpha value is -1.23. The number of rotatable bonds is 2. The zero-order chi connectivity index (χ0) is 13.2. The van der Waals surface area contributed by atoms with Gasteiger partial charge in [-0.15, -0.1) is 0 Å². The molecule has 92 valence electrons. The molecule has 1 rings (SSSR count). The molecule has 0 aliphatic carbocycles. The Labute approximate surface area is 107 Å². The van der Waals surface area contributed by atoms with E-state index >= 15 is 0 Å². The highest BCUT2D eigenvalue weighted by Crippen LogP contribution is 2.17. The smallest absolute Gasteiger partial charge is 0.380 e. The normalized spacial score (nSPS) is 11.1. The van der Waals surface area contributed by atoms with Gasteiger partial charge in [-0.2, -0.15) is 0 Å². The number of Topliss-reactive ketones (excluding diaryl/α,β-unsaturated/α-hetero) is 1. The minimum absolute atomic E-state index is 0.298. The highest BCUT2D eigenvalue weighted by Gasteiger charge is 2.26. The summed E-state index contributed by atoms with van der Waals surface area (Å²) in [5.74, 6) is -2.79. The van der Waals surface area contributed by atoms with E-state index in [1.54, 1.807) is 20.8 Å². The highest BCUT2D eigenvalue weighted by atomic mass is 79.9. The van der Waals surface area contributed by atoms with E-state index in [1.807, 2.05) is 0 Å². The second-order valence-electron chi connectivity index (χ2n) is 4.46. The summed E-state index contributed by atoms with van der Waals surface area (Å²) in [5.41, 5.74) is -1.08. The number of hydrogen-bond donors (Lipinski definition) is 0. The van der Waals surface area contributed by atoms with Gasteiger partial charge in [0.05, 0.1) is 5.56 Å². The lowest BCUT2D eigenvalue weighted by Gasteiger charge is -2.18. The molecule has 0 aromatic heterocycles. The molecule has 3 nitrogen and oxygen atoms in total. The maximum Gasteiger partial charge on any atom is 0.380 e. The average molecular weight is 303 g/mol. The largest absolute Gasteiger partial charge is 0.454 e. The number of ether oxygens (including phenoxy) is 1. The molecule has 1 aromatic carbocycles. The summed E-state index contributed by atoms with van der Waals surface area (Å²) in [7, 11) is 0.